The van der Waals surface area contributed by atoms with Crippen LogP contribution in [-0.2, 0) is 9.59 Å². The van der Waals surface area contributed by atoms with E-state index in [4.69, 9.17) is 5.73 Å². The number of carbonyl (C=O) groups excluding carboxylic acids is 2. The minimum atomic E-state index is -0.592. The molecular weight excluding hydrogens is 334 g/mol. The Bertz CT molecular complexity index is 921. The van der Waals surface area contributed by atoms with Gasteiger partial charge in [0.05, 0.1) is 17.2 Å². The van der Waals surface area contributed by atoms with Gasteiger partial charge in [-0.25, -0.2) is 4.79 Å². The normalized spacial score (nSPS) is 24.3. The maximum Gasteiger partial charge on any atom is 0.348 e. The van der Waals surface area contributed by atoms with E-state index in [9.17, 15) is 14.4 Å². The predicted octanol–water partition coefficient (Wildman–Crippen LogP) is 0.996. The highest BCUT2D eigenvalue weighted by Gasteiger charge is 2.55. The fourth-order valence-electron chi connectivity index (χ4n) is 4.46. The minimum absolute atomic E-state index is 0.142. The van der Waals surface area contributed by atoms with Crippen molar-refractivity contribution in [3.8, 4) is 0 Å². The number of carbonyl (C=O) groups is 2. The van der Waals surface area contributed by atoms with Gasteiger partial charge in [0.25, 0.3) is 0 Å². The third-order valence-electron chi connectivity index (χ3n) is 5.54. The van der Waals surface area contributed by atoms with Crippen LogP contribution in [0.5, 0.6) is 0 Å². The molecule has 1 spiro atoms. The van der Waals surface area contributed by atoms with Crippen LogP contribution in [0.2, 0.25) is 0 Å². The van der Waals surface area contributed by atoms with Crippen LogP contribution in [0.3, 0.4) is 0 Å². The van der Waals surface area contributed by atoms with Crippen LogP contribution in [0.15, 0.2) is 33.8 Å². The molecule has 0 radical (unpaired) electrons. The second-order valence-electron chi connectivity index (χ2n) is 7.27. The van der Waals surface area contributed by atoms with E-state index in [1.807, 2.05) is 6.92 Å². The first kappa shape index (κ1) is 16.6. The average molecular weight is 355 g/mol. The molecule has 3 aliphatic rings. The van der Waals surface area contributed by atoms with Gasteiger partial charge in [0.2, 0.25) is 5.91 Å². The zero-order valence-corrected chi connectivity index (χ0v) is 14.5. The van der Waals surface area contributed by atoms with E-state index in [0.717, 1.165) is 37.7 Å². The molecule has 26 heavy (non-hydrogen) atoms. The van der Waals surface area contributed by atoms with Crippen molar-refractivity contribution in [1.29, 1.82) is 0 Å². The van der Waals surface area contributed by atoms with Crippen molar-refractivity contribution < 1.29 is 9.59 Å². The van der Waals surface area contributed by atoms with Gasteiger partial charge >= 0.3 is 5.69 Å². The largest absolute Gasteiger partial charge is 0.385 e. The van der Waals surface area contributed by atoms with Crippen molar-refractivity contribution >= 4 is 23.3 Å². The molecule has 1 saturated carbocycles. The summed E-state index contributed by atoms with van der Waals surface area (Å²) in [6.07, 6.45) is 6.36. The van der Waals surface area contributed by atoms with Gasteiger partial charge in [0.1, 0.15) is 11.6 Å². The van der Waals surface area contributed by atoms with E-state index in [2.05, 4.69) is 20.6 Å². The number of Topliss-reactive ketones (excluding diaryl/α,β-unsaturated/α-hetero) is 1. The number of fused-ring (bicyclic) bond motifs is 2. The van der Waals surface area contributed by atoms with Gasteiger partial charge in [-0.3, -0.25) is 14.6 Å². The lowest BCUT2D eigenvalue weighted by Crippen LogP contribution is -2.50. The minimum Gasteiger partial charge on any atom is -0.385 e. The number of hydrogen-bond acceptors (Lipinski definition) is 6. The van der Waals surface area contributed by atoms with Crippen LogP contribution < -0.4 is 22.1 Å². The number of H-pyrrole nitrogens is 1. The molecule has 2 fully saturated rings. The Hall–Kier alpha value is -2.90. The summed E-state index contributed by atoms with van der Waals surface area (Å²) in [7, 11) is 0. The van der Waals surface area contributed by atoms with Crippen molar-refractivity contribution in [1.82, 2.24) is 15.3 Å². The zero-order chi connectivity index (χ0) is 18.5. The van der Waals surface area contributed by atoms with Gasteiger partial charge in [-0.2, -0.15) is 4.98 Å². The number of nitrogens with two attached hydrogens (primary N) is 1. The number of nitrogens with one attached hydrogen (secondary N) is 3. The van der Waals surface area contributed by atoms with Gasteiger partial charge in [0, 0.05) is 11.6 Å². The van der Waals surface area contributed by atoms with Crippen LogP contribution in [0, 0.1) is 5.92 Å². The zero-order valence-electron chi connectivity index (χ0n) is 14.5. The first-order valence-electron chi connectivity index (χ1n) is 8.83. The quantitative estimate of drug-likeness (QED) is 0.626. The maximum absolute atomic E-state index is 13.2. The number of rotatable bonds is 2. The molecule has 2 aliphatic carbocycles. The summed E-state index contributed by atoms with van der Waals surface area (Å²) in [4.78, 5) is 43.5. The van der Waals surface area contributed by atoms with Crippen LogP contribution >= 0.6 is 0 Å². The first-order valence-corrected chi connectivity index (χ1v) is 8.83. The van der Waals surface area contributed by atoms with Gasteiger partial charge in [-0.05, 0) is 31.4 Å². The summed E-state index contributed by atoms with van der Waals surface area (Å²) in [6.45, 7) is 1.83. The highest BCUT2D eigenvalue weighted by atomic mass is 16.2. The van der Waals surface area contributed by atoms with E-state index in [1.165, 1.54) is 6.07 Å². The molecule has 1 aliphatic heterocycles. The predicted molar refractivity (Wildman–Crippen MR) is 96.1 cm³/mol. The summed E-state index contributed by atoms with van der Waals surface area (Å²) in [6, 6.07) is 1.46. The average Bonchev–Trinajstić information content (AvgIpc) is 2.84. The summed E-state index contributed by atoms with van der Waals surface area (Å²) in [5.41, 5.74) is 6.21. The number of hydrogen-bond donors (Lipinski definition) is 4. The molecule has 4 rings (SSSR count). The lowest BCUT2D eigenvalue weighted by molar-refractivity contribution is -0.120. The summed E-state index contributed by atoms with van der Waals surface area (Å²) in [5.74, 6) is -0.423. The summed E-state index contributed by atoms with van der Waals surface area (Å²) < 4.78 is 0. The highest BCUT2D eigenvalue weighted by Crippen LogP contribution is 2.46. The Labute approximate surface area is 150 Å². The lowest BCUT2D eigenvalue weighted by atomic mass is 9.68. The van der Waals surface area contributed by atoms with Crippen molar-refractivity contribution in [2.45, 2.75) is 44.6 Å². The monoisotopic (exact) mass is 355 g/mol. The second kappa shape index (κ2) is 5.82. The standard InChI is InChI=1S/C18H21N5O3/c1-9-7-10(20-12-8-11(19)21-17(26)22-12)15(24)14-13(9)16(25)23-18(14)5-3-2-4-6-18/h7-8,14H,2-6H2,1H3,(H,23,25)(H4,19,20,21,22,26). The van der Waals surface area contributed by atoms with Gasteiger partial charge < -0.3 is 16.4 Å². The number of anilines is 2. The number of nitrogen functional groups attached to an aromatic ring is 1. The molecule has 1 amide bonds. The van der Waals surface area contributed by atoms with E-state index in [0.29, 0.717) is 11.3 Å². The molecule has 8 heteroatoms. The van der Waals surface area contributed by atoms with Gasteiger partial charge in [-0.1, -0.05) is 19.3 Å². The molecule has 5 N–H and O–H groups in total. The molecular formula is C18H21N5O3. The number of allylic oxidation sites excluding steroid dienone is 3. The van der Waals surface area contributed by atoms with Crippen LogP contribution in [0.4, 0.5) is 11.6 Å². The molecule has 0 bridgehead atoms. The molecule has 0 aromatic carbocycles. The number of nitrogens with zero attached hydrogens (tertiary/aromatic N) is 1. The van der Waals surface area contributed by atoms with Crippen LogP contribution in [0.1, 0.15) is 39.0 Å². The third-order valence-corrected chi connectivity index (χ3v) is 5.54. The summed E-state index contributed by atoms with van der Waals surface area (Å²) >= 11 is 0. The van der Waals surface area contributed by atoms with E-state index in [1.54, 1.807) is 6.08 Å². The van der Waals surface area contributed by atoms with Gasteiger partial charge in [0.15, 0.2) is 5.78 Å². The molecule has 1 saturated heterocycles. The molecule has 1 atom stereocenters. The Morgan fingerprint density at radius 1 is 1.23 bits per heavy atom. The summed E-state index contributed by atoms with van der Waals surface area (Å²) in [5, 5.41) is 6.02. The SMILES string of the molecule is CC1=C2C(=O)NC3(CCCCC3)C2C(=O)C(Nc2cc(N)[nH]c(=O)n2)=C1. The molecule has 1 unspecified atom stereocenters. The first-order chi connectivity index (χ1) is 12.4. The third kappa shape index (κ3) is 2.53. The van der Waals surface area contributed by atoms with E-state index < -0.39 is 17.1 Å². The number of amides is 1. The van der Waals surface area contributed by atoms with Crippen molar-refractivity contribution in [2.24, 2.45) is 5.92 Å². The van der Waals surface area contributed by atoms with Crippen LogP contribution in [0.25, 0.3) is 0 Å². The Kier molecular flexibility index (Phi) is 3.71. The second-order valence-corrected chi connectivity index (χ2v) is 7.27. The van der Waals surface area contributed by atoms with Crippen LogP contribution in [-0.4, -0.2) is 27.2 Å². The molecule has 1 aromatic rings. The van der Waals surface area contributed by atoms with Gasteiger partial charge in [-0.15, -0.1) is 0 Å². The fourth-order valence-corrected chi connectivity index (χ4v) is 4.46. The number of ketones is 1. The fraction of sp³-hybridized carbons (Fsp3) is 0.444. The van der Waals surface area contributed by atoms with Crippen molar-refractivity contribution in [3.05, 3.63) is 39.5 Å². The molecule has 136 valence electrons. The lowest BCUT2D eigenvalue weighted by Gasteiger charge is -2.38. The molecule has 2 heterocycles. The van der Waals surface area contributed by atoms with Crippen molar-refractivity contribution in [2.75, 3.05) is 11.1 Å². The molecule has 8 nitrogen and oxygen atoms in total. The van der Waals surface area contributed by atoms with Crippen molar-refractivity contribution in [3.63, 3.8) is 0 Å². The maximum atomic E-state index is 13.2. The topological polar surface area (TPSA) is 130 Å². The smallest absolute Gasteiger partial charge is 0.348 e. The van der Waals surface area contributed by atoms with E-state index in [-0.39, 0.29) is 23.3 Å². The number of aromatic nitrogens is 2. The Morgan fingerprint density at radius 2 is 1.96 bits per heavy atom. The molecule has 1 aromatic heterocycles. The Balaban J connectivity index is 1.73. The number of aromatic amines is 1. The van der Waals surface area contributed by atoms with E-state index >= 15 is 0 Å². The Morgan fingerprint density at radius 3 is 2.65 bits per heavy atom. The highest BCUT2D eigenvalue weighted by molar-refractivity contribution is 6.14.